The third-order valence-corrected chi connectivity index (χ3v) is 5.58. The van der Waals surface area contributed by atoms with Crippen molar-refractivity contribution >= 4 is 5.91 Å². The summed E-state index contributed by atoms with van der Waals surface area (Å²) in [6.07, 6.45) is 0.943. The lowest BCUT2D eigenvalue weighted by Crippen LogP contribution is -2.35. The normalized spacial score (nSPS) is 11.8. The van der Waals surface area contributed by atoms with Gasteiger partial charge in [-0.25, -0.2) is 0 Å². The number of amides is 1. The van der Waals surface area contributed by atoms with E-state index in [0.717, 1.165) is 30.6 Å². The monoisotopic (exact) mass is 445 g/mol. The molecule has 174 valence electrons. The molecule has 3 aromatic carbocycles. The first-order chi connectivity index (χ1) is 16.2. The first-order valence-corrected chi connectivity index (χ1v) is 11.6. The number of benzene rings is 3. The maximum Gasteiger partial charge on any atom is 0.254 e. The summed E-state index contributed by atoms with van der Waals surface area (Å²) in [6.45, 7) is 3.36. The maximum absolute atomic E-state index is 13.1. The summed E-state index contributed by atoms with van der Waals surface area (Å²) in [4.78, 5) is 15.0. The molecule has 3 aromatic rings. The summed E-state index contributed by atoms with van der Waals surface area (Å²) in [6, 6.07) is 28.2. The molecule has 0 heterocycles. The minimum atomic E-state index is 0.0362. The van der Waals surface area contributed by atoms with Gasteiger partial charge in [0.1, 0.15) is 0 Å². The Labute approximate surface area is 197 Å². The van der Waals surface area contributed by atoms with Crippen molar-refractivity contribution in [3.8, 4) is 0 Å². The van der Waals surface area contributed by atoms with Gasteiger partial charge in [-0.05, 0) is 55.9 Å². The number of carbonyl (C=O) groups is 1. The van der Waals surface area contributed by atoms with Gasteiger partial charge in [0.05, 0.1) is 12.7 Å². The molecule has 0 unspecified atom stereocenters. The van der Waals surface area contributed by atoms with Crippen molar-refractivity contribution in [3.63, 3.8) is 0 Å². The number of nitrogens with zero attached hydrogens (tertiary/aromatic N) is 1. The molecular weight excluding hydrogens is 410 g/mol. The van der Waals surface area contributed by atoms with E-state index in [2.05, 4.69) is 53.1 Å². The van der Waals surface area contributed by atoms with E-state index >= 15 is 0 Å². The minimum absolute atomic E-state index is 0.0362. The zero-order valence-corrected chi connectivity index (χ0v) is 19.7. The van der Waals surface area contributed by atoms with Gasteiger partial charge in [-0.2, -0.15) is 0 Å². The van der Waals surface area contributed by atoms with E-state index in [0.29, 0.717) is 25.3 Å². The average Bonchev–Trinajstić information content (AvgIpc) is 2.87. The fourth-order valence-corrected chi connectivity index (χ4v) is 3.79. The van der Waals surface area contributed by atoms with Crippen LogP contribution in [0.3, 0.4) is 0 Å². The van der Waals surface area contributed by atoms with Crippen molar-refractivity contribution in [3.05, 3.63) is 107 Å². The van der Waals surface area contributed by atoms with Gasteiger partial charge in [-0.15, -0.1) is 0 Å². The number of carbonyl (C=O) groups excluding carboxylic acids is 1. The maximum atomic E-state index is 13.1. The summed E-state index contributed by atoms with van der Waals surface area (Å²) in [5, 5.41) is 6.36. The standard InChI is InChI=1S/C28H35N3O2/c1-29-17-16-27(25-12-5-3-6-13-25)33-22-24-11-9-10-23(20-24)21-31(19-18-30-2)28(32)26-14-7-4-8-15-26/h3-15,20,27,29-30H,16-19,21-22H2,1-2H3/t27-/m0/s1. The summed E-state index contributed by atoms with van der Waals surface area (Å²) in [7, 11) is 3.86. The first kappa shape index (κ1) is 24.6. The SMILES string of the molecule is CNCC[C@H](OCc1cccc(CN(CCNC)C(=O)c2ccccc2)c1)c1ccccc1. The van der Waals surface area contributed by atoms with Crippen LogP contribution in [0.4, 0.5) is 0 Å². The lowest BCUT2D eigenvalue weighted by atomic mass is 10.1. The van der Waals surface area contributed by atoms with Crippen LogP contribution in [0.15, 0.2) is 84.9 Å². The van der Waals surface area contributed by atoms with E-state index < -0.39 is 0 Å². The molecule has 0 aliphatic heterocycles. The Kier molecular flexibility index (Phi) is 10.1. The fraction of sp³-hybridized carbons (Fsp3) is 0.321. The van der Waals surface area contributed by atoms with E-state index in [9.17, 15) is 4.79 Å². The van der Waals surface area contributed by atoms with E-state index in [-0.39, 0.29) is 12.0 Å². The summed E-state index contributed by atoms with van der Waals surface area (Å²) in [5.74, 6) is 0.0451. The quantitative estimate of drug-likeness (QED) is 0.409. The Morgan fingerprint density at radius 2 is 1.52 bits per heavy atom. The number of rotatable bonds is 13. The van der Waals surface area contributed by atoms with Crippen molar-refractivity contribution < 1.29 is 9.53 Å². The summed E-state index contributed by atoms with van der Waals surface area (Å²) < 4.78 is 6.33. The van der Waals surface area contributed by atoms with E-state index in [4.69, 9.17) is 4.74 Å². The minimum Gasteiger partial charge on any atom is -0.369 e. The van der Waals surface area contributed by atoms with Crippen LogP contribution in [0.1, 0.15) is 39.6 Å². The third kappa shape index (κ3) is 7.82. The van der Waals surface area contributed by atoms with Gasteiger partial charge in [-0.3, -0.25) is 4.79 Å². The van der Waals surface area contributed by atoms with Crippen molar-refractivity contribution in [2.45, 2.75) is 25.7 Å². The number of likely N-dealkylation sites (N-methyl/N-ethyl adjacent to an activating group) is 1. The zero-order chi connectivity index (χ0) is 23.3. The molecule has 0 saturated carbocycles. The highest BCUT2D eigenvalue weighted by molar-refractivity contribution is 5.94. The summed E-state index contributed by atoms with van der Waals surface area (Å²) >= 11 is 0. The van der Waals surface area contributed by atoms with Crippen LogP contribution in [0.2, 0.25) is 0 Å². The predicted octanol–water partition coefficient (Wildman–Crippen LogP) is 4.42. The van der Waals surface area contributed by atoms with Crippen molar-refractivity contribution in [1.29, 1.82) is 0 Å². The molecule has 2 N–H and O–H groups in total. The number of hydrogen-bond acceptors (Lipinski definition) is 4. The van der Waals surface area contributed by atoms with E-state index in [1.54, 1.807) is 0 Å². The summed E-state index contributed by atoms with van der Waals surface area (Å²) in [5.41, 5.74) is 4.11. The van der Waals surface area contributed by atoms with Gasteiger partial charge in [-0.1, -0.05) is 72.8 Å². The Bertz CT molecular complexity index is 963. The van der Waals surface area contributed by atoms with Crippen LogP contribution in [-0.4, -0.2) is 44.5 Å². The van der Waals surface area contributed by atoms with E-state index in [1.165, 1.54) is 5.56 Å². The Morgan fingerprint density at radius 3 is 2.21 bits per heavy atom. The highest BCUT2D eigenvalue weighted by atomic mass is 16.5. The molecule has 0 aromatic heterocycles. The van der Waals surface area contributed by atoms with E-state index in [1.807, 2.05) is 61.5 Å². The first-order valence-electron chi connectivity index (χ1n) is 11.6. The predicted molar refractivity (Wildman–Crippen MR) is 134 cm³/mol. The molecule has 1 atom stereocenters. The van der Waals surface area contributed by atoms with Crippen molar-refractivity contribution in [2.75, 3.05) is 33.7 Å². The second-order valence-corrected chi connectivity index (χ2v) is 8.12. The Morgan fingerprint density at radius 1 is 0.848 bits per heavy atom. The highest BCUT2D eigenvalue weighted by Crippen LogP contribution is 2.23. The van der Waals surface area contributed by atoms with Gasteiger partial charge in [0.2, 0.25) is 0 Å². The zero-order valence-electron chi connectivity index (χ0n) is 19.7. The molecule has 5 nitrogen and oxygen atoms in total. The molecule has 0 fully saturated rings. The number of nitrogens with one attached hydrogen (secondary N) is 2. The van der Waals surface area contributed by atoms with Crippen LogP contribution in [0.25, 0.3) is 0 Å². The number of hydrogen-bond donors (Lipinski definition) is 2. The molecule has 5 heteroatoms. The fourth-order valence-electron chi connectivity index (χ4n) is 3.79. The molecule has 0 bridgehead atoms. The second-order valence-electron chi connectivity index (χ2n) is 8.12. The lowest BCUT2D eigenvalue weighted by Gasteiger charge is -2.23. The molecule has 3 rings (SSSR count). The molecule has 0 aliphatic carbocycles. The molecular formula is C28H35N3O2. The largest absolute Gasteiger partial charge is 0.369 e. The third-order valence-electron chi connectivity index (χ3n) is 5.58. The molecule has 0 aliphatic rings. The van der Waals surface area contributed by atoms with Crippen LogP contribution in [0, 0.1) is 0 Å². The van der Waals surface area contributed by atoms with Gasteiger partial charge in [0.15, 0.2) is 0 Å². The topological polar surface area (TPSA) is 53.6 Å². The van der Waals surface area contributed by atoms with Gasteiger partial charge >= 0.3 is 0 Å². The smallest absolute Gasteiger partial charge is 0.254 e. The lowest BCUT2D eigenvalue weighted by molar-refractivity contribution is 0.0343. The Balaban J connectivity index is 1.68. The highest BCUT2D eigenvalue weighted by Gasteiger charge is 2.16. The van der Waals surface area contributed by atoms with Gasteiger partial charge in [0.25, 0.3) is 5.91 Å². The second kappa shape index (κ2) is 13.5. The van der Waals surface area contributed by atoms with Crippen LogP contribution >= 0.6 is 0 Å². The van der Waals surface area contributed by atoms with Gasteiger partial charge in [0, 0.05) is 25.2 Å². The van der Waals surface area contributed by atoms with Gasteiger partial charge < -0.3 is 20.3 Å². The molecule has 0 spiro atoms. The average molecular weight is 446 g/mol. The van der Waals surface area contributed by atoms with Crippen LogP contribution < -0.4 is 10.6 Å². The van der Waals surface area contributed by atoms with Crippen molar-refractivity contribution in [1.82, 2.24) is 15.5 Å². The van der Waals surface area contributed by atoms with Crippen molar-refractivity contribution in [2.24, 2.45) is 0 Å². The Hall–Kier alpha value is -2.99. The molecule has 1 amide bonds. The molecule has 33 heavy (non-hydrogen) atoms. The molecule has 0 radical (unpaired) electrons. The van der Waals surface area contributed by atoms with Crippen LogP contribution in [-0.2, 0) is 17.9 Å². The molecule has 0 saturated heterocycles. The van der Waals surface area contributed by atoms with Crippen LogP contribution in [0.5, 0.6) is 0 Å². The number of ether oxygens (including phenoxy) is 1.